The van der Waals surface area contributed by atoms with E-state index >= 15 is 0 Å². The number of ether oxygens (including phenoxy) is 1. The van der Waals surface area contributed by atoms with Crippen LogP contribution in [-0.2, 0) is 16.0 Å². The smallest absolute Gasteiger partial charge is 0.254 e. The van der Waals surface area contributed by atoms with Crippen LogP contribution in [0.2, 0.25) is 0 Å². The third kappa shape index (κ3) is 4.62. The summed E-state index contributed by atoms with van der Waals surface area (Å²) in [6.07, 6.45) is 1.12. The number of nitrogens with one attached hydrogen (secondary N) is 1. The molecular formula is C18H26N3O4S-. The molecule has 1 N–H and O–H groups in total. The highest BCUT2D eigenvalue weighted by molar-refractivity contribution is 7.80. The Morgan fingerprint density at radius 3 is 2.46 bits per heavy atom. The van der Waals surface area contributed by atoms with Crippen LogP contribution >= 0.6 is 0 Å². The van der Waals surface area contributed by atoms with Crippen LogP contribution in [0.25, 0.3) is 0 Å². The third-order valence-corrected chi connectivity index (χ3v) is 5.50. The summed E-state index contributed by atoms with van der Waals surface area (Å²) in [6.45, 7) is 8.63. The van der Waals surface area contributed by atoms with Gasteiger partial charge in [0.05, 0.1) is 6.61 Å². The third-order valence-electron chi connectivity index (χ3n) is 5.10. The van der Waals surface area contributed by atoms with Crippen LogP contribution in [-0.4, -0.2) is 69.4 Å². The molecule has 1 amide bonds. The Bertz CT molecular complexity index is 636. The van der Waals surface area contributed by atoms with Crippen molar-refractivity contribution in [3.8, 4) is 0 Å². The van der Waals surface area contributed by atoms with Crippen molar-refractivity contribution in [3.05, 3.63) is 29.8 Å². The summed E-state index contributed by atoms with van der Waals surface area (Å²) < 4.78 is 29.1. The lowest BCUT2D eigenvalue weighted by Gasteiger charge is -2.45. The molecule has 0 radical (unpaired) electrons. The molecule has 0 saturated carbocycles. The van der Waals surface area contributed by atoms with Crippen molar-refractivity contribution >= 4 is 22.9 Å². The lowest BCUT2D eigenvalue weighted by molar-refractivity contribution is 0.0243. The maximum Gasteiger partial charge on any atom is 0.254 e. The Kier molecular flexibility index (Phi) is 6.29. The number of carbonyl (C=O) groups is 1. The number of nitrogens with zero attached hydrogens (tertiary/aromatic N) is 2. The van der Waals surface area contributed by atoms with Crippen LogP contribution in [0.1, 0.15) is 30.6 Å². The number of rotatable bonds is 5. The summed E-state index contributed by atoms with van der Waals surface area (Å²) in [7, 11) is 0. The number of amides is 1. The zero-order valence-electron chi connectivity index (χ0n) is 15.2. The van der Waals surface area contributed by atoms with Crippen LogP contribution in [0.4, 0.5) is 5.69 Å². The van der Waals surface area contributed by atoms with E-state index < -0.39 is 11.3 Å². The van der Waals surface area contributed by atoms with Gasteiger partial charge in [0.25, 0.3) is 5.91 Å². The second-order valence-electron chi connectivity index (χ2n) is 7.27. The van der Waals surface area contributed by atoms with Gasteiger partial charge < -0.3 is 18.9 Å². The molecule has 0 aromatic heterocycles. The Morgan fingerprint density at radius 1 is 1.27 bits per heavy atom. The van der Waals surface area contributed by atoms with Crippen molar-refractivity contribution in [3.63, 3.8) is 0 Å². The summed E-state index contributed by atoms with van der Waals surface area (Å²) in [5, 5.41) is 0. The molecule has 2 fully saturated rings. The second-order valence-corrected chi connectivity index (χ2v) is 7.95. The van der Waals surface area contributed by atoms with Gasteiger partial charge in [0.15, 0.2) is 0 Å². The Hall–Kier alpha value is -1.48. The maximum atomic E-state index is 13.0. The maximum absolute atomic E-state index is 13.0. The molecule has 1 aromatic carbocycles. The number of piperazine rings is 1. The standard InChI is InChI=1S/C18H27N3O4S/c1-13-9-20(11-15-7-8-25-12-15)10-14(2)21(13)18(22)16-3-5-17(6-4-16)19-26(23)24/h3-6,13-15,19H,7-12H2,1-2H3,(H,23,24)/p-1. The molecule has 0 bridgehead atoms. The van der Waals surface area contributed by atoms with E-state index in [1.807, 2.05) is 4.90 Å². The Balaban J connectivity index is 1.62. The summed E-state index contributed by atoms with van der Waals surface area (Å²) in [6, 6.07) is 6.79. The molecule has 0 spiro atoms. The topological polar surface area (TPSA) is 84.9 Å². The normalized spacial score (nSPS) is 28.1. The molecule has 26 heavy (non-hydrogen) atoms. The van der Waals surface area contributed by atoms with E-state index in [2.05, 4.69) is 23.5 Å². The van der Waals surface area contributed by atoms with Crippen LogP contribution < -0.4 is 4.72 Å². The van der Waals surface area contributed by atoms with E-state index in [4.69, 9.17) is 4.74 Å². The molecule has 2 aliphatic rings. The fourth-order valence-electron chi connectivity index (χ4n) is 4.00. The molecular weight excluding hydrogens is 354 g/mol. The van der Waals surface area contributed by atoms with Crippen LogP contribution in [0.5, 0.6) is 0 Å². The van der Waals surface area contributed by atoms with Gasteiger partial charge in [-0.25, -0.2) is 0 Å². The van der Waals surface area contributed by atoms with Gasteiger partial charge in [0, 0.05) is 60.8 Å². The first kappa shape index (κ1) is 19.3. The zero-order valence-corrected chi connectivity index (χ0v) is 16.0. The lowest BCUT2D eigenvalue weighted by Crippen LogP contribution is -2.59. The molecule has 7 nitrogen and oxygen atoms in total. The molecule has 2 saturated heterocycles. The van der Waals surface area contributed by atoms with Gasteiger partial charge in [0.1, 0.15) is 0 Å². The first-order valence-electron chi connectivity index (χ1n) is 9.02. The fraction of sp³-hybridized carbons (Fsp3) is 0.611. The van der Waals surface area contributed by atoms with Crippen molar-refractivity contribution in [2.45, 2.75) is 32.4 Å². The summed E-state index contributed by atoms with van der Waals surface area (Å²) in [5.41, 5.74) is 1.02. The number of anilines is 1. The average molecular weight is 380 g/mol. The summed E-state index contributed by atoms with van der Waals surface area (Å²) >= 11 is -2.37. The van der Waals surface area contributed by atoms with Crippen molar-refractivity contribution in [1.29, 1.82) is 0 Å². The van der Waals surface area contributed by atoms with Crippen molar-refractivity contribution in [1.82, 2.24) is 9.80 Å². The van der Waals surface area contributed by atoms with Gasteiger partial charge in [0.2, 0.25) is 0 Å². The van der Waals surface area contributed by atoms with Gasteiger partial charge in [-0.2, -0.15) is 0 Å². The van der Waals surface area contributed by atoms with Gasteiger partial charge in [-0.1, -0.05) is 0 Å². The SMILES string of the molecule is CC1CN(CC2CCOC2)CC(C)N1C(=O)c1ccc(NS(=O)[O-])cc1. The lowest BCUT2D eigenvalue weighted by atomic mass is 10.0. The molecule has 0 aliphatic carbocycles. The highest BCUT2D eigenvalue weighted by Gasteiger charge is 2.34. The fourth-order valence-corrected chi connectivity index (χ4v) is 4.33. The molecule has 3 rings (SSSR count). The summed E-state index contributed by atoms with van der Waals surface area (Å²) in [4.78, 5) is 17.3. The number of hydrogen-bond acceptors (Lipinski definition) is 5. The van der Waals surface area contributed by atoms with E-state index in [1.54, 1.807) is 24.3 Å². The van der Waals surface area contributed by atoms with Gasteiger partial charge in [-0.15, -0.1) is 0 Å². The molecule has 1 aromatic rings. The molecule has 144 valence electrons. The first-order chi connectivity index (χ1) is 12.4. The Labute approximate surface area is 157 Å². The van der Waals surface area contributed by atoms with E-state index in [0.717, 1.165) is 39.3 Å². The minimum atomic E-state index is -2.37. The van der Waals surface area contributed by atoms with Crippen molar-refractivity contribution in [2.24, 2.45) is 5.92 Å². The predicted molar refractivity (Wildman–Crippen MR) is 99.4 cm³/mol. The van der Waals surface area contributed by atoms with E-state index in [9.17, 15) is 13.6 Å². The molecule has 4 atom stereocenters. The largest absolute Gasteiger partial charge is 0.755 e. The van der Waals surface area contributed by atoms with E-state index in [-0.39, 0.29) is 18.0 Å². The second kappa shape index (κ2) is 8.47. The minimum absolute atomic E-state index is 0.0105. The number of carbonyl (C=O) groups excluding carboxylic acids is 1. The van der Waals surface area contributed by atoms with Gasteiger partial charge in [-0.3, -0.25) is 13.9 Å². The highest BCUT2D eigenvalue weighted by atomic mass is 32.2. The average Bonchev–Trinajstić information content (AvgIpc) is 3.07. The number of hydrogen-bond donors (Lipinski definition) is 1. The molecule has 8 heteroatoms. The van der Waals surface area contributed by atoms with E-state index in [1.165, 1.54) is 0 Å². The monoisotopic (exact) mass is 380 g/mol. The van der Waals surface area contributed by atoms with Crippen molar-refractivity contribution in [2.75, 3.05) is 37.6 Å². The predicted octanol–water partition coefficient (Wildman–Crippen LogP) is 1.46. The van der Waals surface area contributed by atoms with Crippen molar-refractivity contribution < 1.29 is 18.3 Å². The summed E-state index contributed by atoms with van der Waals surface area (Å²) in [5.74, 6) is 0.590. The van der Waals surface area contributed by atoms with Gasteiger partial charge in [-0.05, 0) is 50.5 Å². The van der Waals surface area contributed by atoms with Gasteiger partial charge >= 0.3 is 0 Å². The molecule has 2 aliphatic heterocycles. The Morgan fingerprint density at radius 2 is 1.92 bits per heavy atom. The zero-order chi connectivity index (χ0) is 18.7. The quantitative estimate of drug-likeness (QED) is 0.782. The highest BCUT2D eigenvalue weighted by Crippen LogP contribution is 2.22. The van der Waals surface area contributed by atoms with Crippen LogP contribution in [0.3, 0.4) is 0 Å². The van der Waals surface area contributed by atoms with Crippen LogP contribution in [0.15, 0.2) is 24.3 Å². The number of benzene rings is 1. The van der Waals surface area contributed by atoms with Crippen LogP contribution in [0, 0.1) is 5.92 Å². The molecule has 4 unspecified atom stereocenters. The first-order valence-corrected chi connectivity index (χ1v) is 10.1. The van der Waals surface area contributed by atoms with E-state index in [0.29, 0.717) is 17.2 Å². The molecule has 2 heterocycles. The minimum Gasteiger partial charge on any atom is -0.755 e.